The van der Waals surface area contributed by atoms with E-state index in [-0.39, 0.29) is 24.1 Å². The Labute approximate surface area is 132 Å². The van der Waals surface area contributed by atoms with E-state index in [4.69, 9.17) is 5.11 Å². The van der Waals surface area contributed by atoms with Crippen LogP contribution < -0.4 is 5.32 Å². The van der Waals surface area contributed by atoms with E-state index in [2.05, 4.69) is 10.3 Å². The molecular weight excluding hydrogens is 300 g/mol. The van der Waals surface area contributed by atoms with Gasteiger partial charge in [0.1, 0.15) is 0 Å². The number of nitrogens with one attached hydrogen (secondary N) is 1. The number of hydrogen-bond acceptors (Lipinski definition) is 5. The first-order chi connectivity index (χ1) is 11.0. The van der Waals surface area contributed by atoms with Gasteiger partial charge in [-0.1, -0.05) is 30.3 Å². The normalized spacial score (nSPS) is 11.9. The molecule has 2 aromatic rings. The van der Waals surface area contributed by atoms with Crippen LogP contribution in [0.25, 0.3) is 0 Å². The number of aliphatic carboxylic acids is 1. The second-order valence-electron chi connectivity index (χ2n) is 5.25. The van der Waals surface area contributed by atoms with Crippen LogP contribution in [-0.4, -0.2) is 31.6 Å². The minimum atomic E-state index is -0.899. The third-order valence-corrected chi connectivity index (χ3v) is 3.46. The summed E-state index contributed by atoms with van der Waals surface area (Å²) in [5, 5.41) is 23.0. The number of carbonyl (C=O) groups is 1. The van der Waals surface area contributed by atoms with Crippen molar-refractivity contribution >= 4 is 17.6 Å². The molecule has 0 saturated heterocycles. The number of carboxylic acid groups (broad SMARTS) is 1. The number of aryl methyl sites for hydroxylation is 1. The summed E-state index contributed by atoms with van der Waals surface area (Å²) in [6.07, 6.45) is 2.26. The maximum Gasteiger partial charge on any atom is 0.406 e. The molecule has 2 N–H and O–H groups in total. The van der Waals surface area contributed by atoms with Gasteiger partial charge in [-0.3, -0.25) is 9.36 Å². The summed E-state index contributed by atoms with van der Waals surface area (Å²) in [6, 6.07) is 9.32. The van der Waals surface area contributed by atoms with Crippen molar-refractivity contribution in [1.82, 2.24) is 9.55 Å². The lowest BCUT2D eigenvalue weighted by molar-refractivity contribution is -0.388. The molecule has 1 heterocycles. The van der Waals surface area contributed by atoms with E-state index in [1.54, 1.807) is 7.05 Å². The fraction of sp³-hybridized carbons (Fsp3) is 0.333. The van der Waals surface area contributed by atoms with Crippen LogP contribution in [0.1, 0.15) is 18.4 Å². The first kappa shape index (κ1) is 16.5. The predicted molar refractivity (Wildman–Crippen MR) is 84.3 cm³/mol. The van der Waals surface area contributed by atoms with Crippen molar-refractivity contribution in [3.8, 4) is 0 Å². The maximum absolute atomic E-state index is 11.0. The van der Waals surface area contributed by atoms with Crippen LogP contribution in [0, 0.1) is 10.1 Å². The van der Waals surface area contributed by atoms with E-state index in [0.29, 0.717) is 12.8 Å². The first-order valence-electron chi connectivity index (χ1n) is 7.15. The minimum Gasteiger partial charge on any atom is -0.481 e. The number of benzene rings is 1. The van der Waals surface area contributed by atoms with E-state index in [9.17, 15) is 14.9 Å². The van der Waals surface area contributed by atoms with Crippen molar-refractivity contribution in [3.63, 3.8) is 0 Å². The molecule has 1 atom stereocenters. The number of imidazole rings is 1. The van der Waals surface area contributed by atoms with Gasteiger partial charge in [-0.2, -0.15) is 0 Å². The summed E-state index contributed by atoms with van der Waals surface area (Å²) in [5.74, 6) is -0.883. The first-order valence-corrected chi connectivity index (χ1v) is 7.15. The average molecular weight is 318 g/mol. The van der Waals surface area contributed by atoms with Gasteiger partial charge >= 0.3 is 11.8 Å². The zero-order valence-electron chi connectivity index (χ0n) is 12.7. The molecule has 1 aromatic heterocycles. The van der Waals surface area contributed by atoms with E-state index >= 15 is 0 Å². The van der Waals surface area contributed by atoms with Gasteiger partial charge in [0, 0.05) is 19.5 Å². The summed E-state index contributed by atoms with van der Waals surface area (Å²) in [5.41, 5.74) is 1.03. The second-order valence-corrected chi connectivity index (χ2v) is 5.25. The largest absolute Gasteiger partial charge is 0.481 e. The van der Waals surface area contributed by atoms with Crippen molar-refractivity contribution < 1.29 is 14.8 Å². The number of anilines is 1. The smallest absolute Gasteiger partial charge is 0.406 e. The van der Waals surface area contributed by atoms with Crippen LogP contribution >= 0.6 is 0 Å². The van der Waals surface area contributed by atoms with Crippen molar-refractivity contribution in [3.05, 3.63) is 52.3 Å². The van der Waals surface area contributed by atoms with Gasteiger partial charge in [0.2, 0.25) is 12.1 Å². The molecule has 0 aliphatic rings. The van der Waals surface area contributed by atoms with Gasteiger partial charge in [0.05, 0.1) is 0 Å². The third kappa shape index (κ3) is 4.53. The standard InChI is InChI=1S/C15H18N4O4/c1-18-10-16-14(19(22)23)15(18)17-12(7-8-13(20)21)9-11-5-3-2-4-6-11/h2-6,10,12,17H,7-9H2,1H3,(H,20,21). The molecule has 122 valence electrons. The lowest BCUT2D eigenvalue weighted by Crippen LogP contribution is -2.25. The van der Waals surface area contributed by atoms with Crippen LogP contribution in [0.3, 0.4) is 0 Å². The number of aromatic nitrogens is 2. The maximum atomic E-state index is 11.0. The summed E-state index contributed by atoms with van der Waals surface area (Å²) < 4.78 is 1.52. The highest BCUT2D eigenvalue weighted by molar-refractivity contribution is 5.66. The number of rotatable bonds is 8. The number of carboxylic acids is 1. The van der Waals surface area contributed by atoms with Crippen molar-refractivity contribution in [2.24, 2.45) is 7.05 Å². The Morgan fingerprint density at radius 2 is 2.13 bits per heavy atom. The van der Waals surface area contributed by atoms with Crippen molar-refractivity contribution in [1.29, 1.82) is 0 Å². The van der Waals surface area contributed by atoms with Crippen LogP contribution in [-0.2, 0) is 18.3 Å². The van der Waals surface area contributed by atoms with Gasteiger partial charge < -0.3 is 20.5 Å². The molecule has 0 radical (unpaired) electrons. The highest BCUT2D eigenvalue weighted by Crippen LogP contribution is 2.23. The molecule has 8 nitrogen and oxygen atoms in total. The Morgan fingerprint density at radius 1 is 1.43 bits per heavy atom. The van der Waals surface area contributed by atoms with Gasteiger partial charge in [-0.05, 0) is 28.3 Å². The molecule has 0 aliphatic heterocycles. The molecule has 0 saturated carbocycles. The molecule has 0 amide bonds. The molecule has 0 fully saturated rings. The molecule has 2 rings (SSSR count). The van der Waals surface area contributed by atoms with Crippen LogP contribution in [0.5, 0.6) is 0 Å². The fourth-order valence-corrected chi connectivity index (χ4v) is 2.33. The molecular formula is C15H18N4O4. The fourth-order valence-electron chi connectivity index (χ4n) is 2.33. The van der Waals surface area contributed by atoms with Gasteiger partial charge in [0.25, 0.3) is 0 Å². The van der Waals surface area contributed by atoms with Crippen LogP contribution in [0.4, 0.5) is 11.6 Å². The van der Waals surface area contributed by atoms with Crippen LogP contribution in [0.2, 0.25) is 0 Å². The van der Waals surface area contributed by atoms with Crippen LogP contribution in [0.15, 0.2) is 36.7 Å². The van der Waals surface area contributed by atoms with E-state index in [1.807, 2.05) is 30.3 Å². The molecule has 8 heteroatoms. The Kier molecular flexibility index (Phi) is 5.29. The molecule has 0 bridgehead atoms. The SMILES string of the molecule is Cn1cnc([N+](=O)[O-])c1NC(CCC(=O)O)Cc1ccccc1. The second kappa shape index (κ2) is 7.39. The number of nitrogens with zero attached hydrogens (tertiary/aromatic N) is 3. The zero-order chi connectivity index (χ0) is 16.8. The Morgan fingerprint density at radius 3 is 2.74 bits per heavy atom. The Balaban J connectivity index is 2.18. The highest BCUT2D eigenvalue weighted by atomic mass is 16.6. The monoisotopic (exact) mass is 318 g/mol. The molecule has 0 spiro atoms. The summed E-state index contributed by atoms with van der Waals surface area (Å²) in [4.78, 5) is 25.1. The topological polar surface area (TPSA) is 110 Å². The molecule has 1 aromatic carbocycles. The Hall–Kier alpha value is -2.90. The average Bonchev–Trinajstić information content (AvgIpc) is 2.87. The summed E-state index contributed by atoms with van der Waals surface area (Å²) in [6.45, 7) is 0. The lowest BCUT2D eigenvalue weighted by Gasteiger charge is -2.19. The van der Waals surface area contributed by atoms with E-state index in [0.717, 1.165) is 5.56 Å². The zero-order valence-corrected chi connectivity index (χ0v) is 12.7. The van der Waals surface area contributed by atoms with Crippen molar-refractivity contribution in [2.45, 2.75) is 25.3 Å². The molecule has 0 aliphatic carbocycles. The lowest BCUT2D eigenvalue weighted by atomic mass is 10.0. The predicted octanol–water partition coefficient (Wildman–Crippen LogP) is 2.22. The quantitative estimate of drug-likeness (QED) is 0.570. The Bertz CT molecular complexity index is 684. The summed E-state index contributed by atoms with van der Waals surface area (Å²) in [7, 11) is 1.65. The van der Waals surface area contributed by atoms with E-state index in [1.165, 1.54) is 10.9 Å². The van der Waals surface area contributed by atoms with Crippen molar-refractivity contribution in [2.75, 3.05) is 5.32 Å². The van der Waals surface area contributed by atoms with E-state index < -0.39 is 10.9 Å². The third-order valence-electron chi connectivity index (χ3n) is 3.46. The minimum absolute atomic E-state index is 0.0177. The number of nitro groups is 1. The summed E-state index contributed by atoms with van der Waals surface area (Å²) >= 11 is 0. The molecule has 1 unspecified atom stereocenters. The van der Waals surface area contributed by atoms with Gasteiger partial charge in [-0.25, -0.2) is 0 Å². The highest BCUT2D eigenvalue weighted by Gasteiger charge is 2.23. The number of hydrogen-bond donors (Lipinski definition) is 2. The van der Waals surface area contributed by atoms with Gasteiger partial charge in [-0.15, -0.1) is 0 Å². The molecule has 23 heavy (non-hydrogen) atoms. The van der Waals surface area contributed by atoms with Gasteiger partial charge in [0.15, 0.2) is 0 Å².